The van der Waals surface area contributed by atoms with E-state index in [1.54, 1.807) is 12.1 Å². The Kier molecular flexibility index (Phi) is 5.18. The molecule has 4 rings (SSSR count). The summed E-state index contributed by atoms with van der Waals surface area (Å²) in [5.41, 5.74) is 2.69. The van der Waals surface area contributed by atoms with E-state index in [-0.39, 0.29) is 11.9 Å². The highest BCUT2D eigenvalue weighted by molar-refractivity contribution is 6.09. The summed E-state index contributed by atoms with van der Waals surface area (Å²) in [6.07, 6.45) is 3.35. The first-order chi connectivity index (χ1) is 14.5. The largest absolute Gasteiger partial charge is 0.493 e. The molecule has 30 heavy (non-hydrogen) atoms. The van der Waals surface area contributed by atoms with Crippen LogP contribution in [0.1, 0.15) is 29.9 Å². The summed E-state index contributed by atoms with van der Waals surface area (Å²) in [5.74, 6) is 1.73. The first-order valence-corrected chi connectivity index (χ1v) is 9.60. The van der Waals surface area contributed by atoms with Crippen LogP contribution in [-0.2, 0) is 0 Å². The third kappa shape index (κ3) is 3.50. The minimum Gasteiger partial charge on any atom is -0.493 e. The minimum absolute atomic E-state index is 0.0688. The molecule has 0 amide bonds. The van der Waals surface area contributed by atoms with Gasteiger partial charge in [-0.2, -0.15) is 0 Å². The van der Waals surface area contributed by atoms with Crippen molar-refractivity contribution in [3.8, 4) is 28.6 Å². The standard InChI is InChI=1S/C23H23N3O4/c1-13(2)30-22-19(28-3)9-14(10-20(22)29-4)21(27)18-12-25-23(26-18)16-11-24-17-8-6-5-7-15(16)17/h5-13,24H,1-4H3,(H,25,26). The molecule has 2 aromatic carbocycles. The van der Waals surface area contributed by atoms with Crippen molar-refractivity contribution < 1.29 is 19.0 Å². The van der Waals surface area contributed by atoms with Crippen LogP contribution in [0.5, 0.6) is 17.2 Å². The Hall–Kier alpha value is -3.74. The predicted molar refractivity (Wildman–Crippen MR) is 115 cm³/mol. The fraction of sp³-hybridized carbons (Fsp3) is 0.217. The fourth-order valence-corrected chi connectivity index (χ4v) is 3.36. The summed E-state index contributed by atoms with van der Waals surface area (Å²) in [6.45, 7) is 3.82. The quantitative estimate of drug-likeness (QED) is 0.439. The number of nitrogens with one attached hydrogen (secondary N) is 2. The lowest BCUT2D eigenvalue weighted by Gasteiger charge is -2.17. The van der Waals surface area contributed by atoms with Gasteiger partial charge in [-0.3, -0.25) is 4.79 Å². The molecule has 0 aliphatic rings. The highest BCUT2D eigenvalue weighted by atomic mass is 16.5. The number of H-pyrrole nitrogens is 2. The highest BCUT2D eigenvalue weighted by Crippen LogP contribution is 2.39. The molecule has 0 bridgehead atoms. The molecule has 2 N–H and O–H groups in total. The molecule has 0 unspecified atom stereocenters. The van der Waals surface area contributed by atoms with Gasteiger partial charge in [0, 0.05) is 28.2 Å². The average Bonchev–Trinajstić information content (AvgIpc) is 3.40. The number of fused-ring (bicyclic) bond motifs is 1. The van der Waals surface area contributed by atoms with Crippen LogP contribution in [0.25, 0.3) is 22.3 Å². The van der Waals surface area contributed by atoms with Crippen LogP contribution in [0.4, 0.5) is 0 Å². The molecule has 2 heterocycles. The Labute approximate surface area is 174 Å². The molecule has 7 heteroatoms. The molecule has 0 fully saturated rings. The maximum atomic E-state index is 13.1. The molecular weight excluding hydrogens is 382 g/mol. The molecule has 0 atom stereocenters. The summed E-state index contributed by atoms with van der Waals surface area (Å²) in [4.78, 5) is 23.9. The van der Waals surface area contributed by atoms with Crippen LogP contribution >= 0.6 is 0 Å². The second-order valence-corrected chi connectivity index (χ2v) is 7.10. The number of imidazole rings is 1. The Balaban J connectivity index is 1.70. The van der Waals surface area contributed by atoms with Gasteiger partial charge in [0.25, 0.3) is 0 Å². The van der Waals surface area contributed by atoms with Crippen molar-refractivity contribution in [1.82, 2.24) is 15.0 Å². The Bertz CT molecular complexity index is 1180. The number of para-hydroxylation sites is 1. The second kappa shape index (κ2) is 7.94. The summed E-state index contributed by atoms with van der Waals surface area (Å²) >= 11 is 0. The summed E-state index contributed by atoms with van der Waals surface area (Å²) in [6, 6.07) is 11.2. The van der Waals surface area contributed by atoms with Gasteiger partial charge >= 0.3 is 0 Å². The van der Waals surface area contributed by atoms with E-state index in [1.807, 2.05) is 44.3 Å². The normalized spacial score (nSPS) is 11.1. The van der Waals surface area contributed by atoms with Gasteiger partial charge in [0.1, 0.15) is 11.5 Å². The summed E-state index contributed by atoms with van der Waals surface area (Å²) in [5, 5.41) is 1.03. The van der Waals surface area contributed by atoms with Gasteiger partial charge < -0.3 is 24.2 Å². The van der Waals surface area contributed by atoms with Gasteiger partial charge in [-0.05, 0) is 32.0 Å². The van der Waals surface area contributed by atoms with Crippen molar-refractivity contribution in [3.05, 3.63) is 60.0 Å². The topological polar surface area (TPSA) is 89.2 Å². The van der Waals surface area contributed by atoms with Gasteiger partial charge in [-0.15, -0.1) is 0 Å². The molecule has 0 saturated heterocycles. The Morgan fingerprint density at radius 1 is 1.07 bits per heavy atom. The molecule has 7 nitrogen and oxygen atoms in total. The number of ether oxygens (including phenoxy) is 3. The lowest BCUT2D eigenvalue weighted by atomic mass is 10.1. The van der Waals surface area contributed by atoms with Crippen LogP contribution in [0, 0.1) is 0 Å². The smallest absolute Gasteiger partial charge is 0.211 e. The average molecular weight is 405 g/mol. The maximum Gasteiger partial charge on any atom is 0.211 e. The van der Waals surface area contributed by atoms with E-state index in [1.165, 1.54) is 20.4 Å². The second-order valence-electron chi connectivity index (χ2n) is 7.10. The number of ketones is 1. The number of methoxy groups -OCH3 is 2. The van der Waals surface area contributed by atoms with Crippen molar-refractivity contribution in [1.29, 1.82) is 0 Å². The van der Waals surface area contributed by atoms with Crippen molar-refractivity contribution in [2.75, 3.05) is 14.2 Å². The van der Waals surface area contributed by atoms with E-state index < -0.39 is 0 Å². The molecule has 0 saturated carbocycles. The zero-order chi connectivity index (χ0) is 21.3. The molecular formula is C23H23N3O4. The van der Waals surface area contributed by atoms with E-state index >= 15 is 0 Å². The van der Waals surface area contributed by atoms with Crippen molar-refractivity contribution >= 4 is 16.7 Å². The lowest BCUT2D eigenvalue weighted by Crippen LogP contribution is -2.10. The summed E-state index contributed by atoms with van der Waals surface area (Å²) < 4.78 is 16.7. The fourth-order valence-electron chi connectivity index (χ4n) is 3.36. The number of aromatic amines is 2. The van der Waals surface area contributed by atoms with Gasteiger partial charge in [0.05, 0.1) is 26.5 Å². The van der Waals surface area contributed by atoms with Crippen LogP contribution in [0.2, 0.25) is 0 Å². The first-order valence-electron chi connectivity index (χ1n) is 9.60. The third-order valence-electron chi connectivity index (χ3n) is 4.74. The van der Waals surface area contributed by atoms with Gasteiger partial charge in [0.2, 0.25) is 11.5 Å². The number of rotatable bonds is 7. The Morgan fingerprint density at radius 2 is 1.77 bits per heavy atom. The van der Waals surface area contributed by atoms with Crippen molar-refractivity contribution in [2.24, 2.45) is 0 Å². The van der Waals surface area contributed by atoms with Crippen molar-refractivity contribution in [3.63, 3.8) is 0 Å². The monoisotopic (exact) mass is 405 g/mol. The summed E-state index contributed by atoms with van der Waals surface area (Å²) in [7, 11) is 3.06. The number of carbonyl (C=O) groups is 1. The predicted octanol–water partition coefficient (Wildman–Crippen LogP) is 4.59. The van der Waals surface area contributed by atoms with Crippen molar-refractivity contribution in [2.45, 2.75) is 20.0 Å². The number of hydrogen-bond donors (Lipinski definition) is 2. The van der Waals surface area contributed by atoms with Gasteiger partial charge in [-0.25, -0.2) is 4.98 Å². The van der Waals surface area contributed by atoms with Crippen LogP contribution < -0.4 is 14.2 Å². The lowest BCUT2D eigenvalue weighted by molar-refractivity contribution is 0.103. The van der Waals surface area contributed by atoms with Gasteiger partial charge in [0.15, 0.2) is 11.5 Å². The van der Waals surface area contributed by atoms with E-state index in [9.17, 15) is 4.79 Å². The van der Waals surface area contributed by atoms with Crippen LogP contribution in [-0.4, -0.2) is 41.1 Å². The highest BCUT2D eigenvalue weighted by Gasteiger charge is 2.21. The minimum atomic E-state index is -0.221. The van der Waals surface area contributed by atoms with E-state index in [0.717, 1.165) is 16.5 Å². The number of carbonyl (C=O) groups excluding carboxylic acids is 1. The zero-order valence-corrected chi connectivity index (χ0v) is 17.3. The maximum absolute atomic E-state index is 13.1. The van der Waals surface area contributed by atoms with Crippen LogP contribution in [0.15, 0.2) is 48.8 Å². The number of nitrogens with zero attached hydrogens (tertiary/aromatic N) is 1. The molecule has 0 aliphatic carbocycles. The SMILES string of the molecule is COc1cc(C(=O)c2cnc(-c3c[nH]c4ccccc34)[nH]2)cc(OC)c1OC(C)C. The number of aromatic nitrogens is 3. The first kappa shape index (κ1) is 19.6. The number of hydrogen-bond acceptors (Lipinski definition) is 5. The van der Waals surface area contributed by atoms with Crippen LogP contribution in [0.3, 0.4) is 0 Å². The molecule has 4 aromatic rings. The zero-order valence-electron chi connectivity index (χ0n) is 17.3. The molecule has 0 spiro atoms. The molecule has 154 valence electrons. The van der Waals surface area contributed by atoms with Gasteiger partial charge in [-0.1, -0.05) is 18.2 Å². The Morgan fingerprint density at radius 3 is 2.43 bits per heavy atom. The van der Waals surface area contributed by atoms with E-state index in [4.69, 9.17) is 14.2 Å². The van der Waals surface area contributed by atoms with E-state index in [0.29, 0.717) is 34.3 Å². The molecule has 2 aromatic heterocycles. The van der Waals surface area contributed by atoms with E-state index in [2.05, 4.69) is 15.0 Å². The third-order valence-corrected chi connectivity index (χ3v) is 4.74. The number of benzene rings is 2. The molecule has 0 radical (unpaired) electrons. The molecule has 0 aliphatic heterocycles.